The zero-order valence-corrected chi connectivity index (χ0v) is 29.6. The number of rotatable bonds is 24. The number of hydrogen-bond acceptors (Lipinski definition) is 2. The van der Waals surface area contributed by atoms with Gasteiger partial charge in [0.2, 0.25) is 0 Å². The third-order valence-electron chi connectivity index (χ3n) is 10.0. The predicted octanol–water partition coefficient (Wildman–Crippen LogP) is 12.6. The normalized spacial score (nSPS) is 11.5. The molecule has 5 aromatic rings. The molecule has 0 unspecified atom stereocenters. The van der Waals surface area contributed by atoms with Gasteiger partial charge in [0, 0.05) is 21.9 Å². The topological polar surface area (TPSA) is 49.9 Å². The van der Waals surface area contributed by atoms with E-state index in [0.29, 0.717) is 10.8 Å². The van der Waals surface area contributed by atoms with Crippen molar-refractivity contribution in [3.63, 3.8) is 0 Å². The monoisotopic (exact) mass is 635 g/mol. The third kappa shape index (κ3) is 11.8. The summed E-state index contributed by atoms with van der Waals surface area (Å²) in [6, 6.07) is 21.0. The quantitative estimate of drug-likeness (QED) is 0.0779. The standard InChI is InChI=1S/C44H61NO2/c1-3-5-7-9-11-13-15-17-19-21-23-35-25-29-37(30-26-35)41-39-33-34-40(44(47)45-43(39)46)42(41)38-31-27-36(28-32-38)24-22-20-18-16-14-12-10-8-6-4-2/h25-34H,3-24H2,1-2H3,(H,45,46,47). The highest BCUT2D eigenvalue weighted by Crippen LogP contribution is 2.37. The van der Waals surface area contributed by atoms with Crippen LogP contribution < -0.4 is 11.1 Å². The number of aromatic amines is 1. The van der Waals surface area contributed by atoms with Crippen molar-refractivity contribution in [1.82, 2.24) is 4.98 Å². The van der Waals surface area contributed by atoms with Crippen molar-refractivity contribution in [2.75, 3.05) is 0 Å². The van der Waals surface area contributed by atoms with Gasteiger partial charge in [0.15, 0.2) is 0 Å². The van der Waals surface area contributed by atoms with E-state index >= 15 is 0 Å². The van der Waals surface area contributed by atoms with E-state index in [-0.39, 0.29) is 11.1 Å². The van der Waals surface area contributed by atoms with Crippen LogP contribution in [0.2, 0.25) is 0 Å². The molecule has 0 atom stereocenters. The Hall–Kier alpha value is -3.20. The van der Waals surface area contributed by atoms with Gasteiger partial charge in [-0.3, -0.25) is 14.6 Å². The minimum absolute atomic E-state index is 0.321. The van der Waals surface area contributed by atoms with Gasteiger partial charge < -0.3 is 0 Å². The van der Waals surface area contributed by atoms with Crippen molar-refractivity contribution in [2.45, 2.75) is 155 Å². The summed E-state index contributed by atoms with van der Waals surface area (Å²) < 4.78 is 0. The summed E-state index contributed by atoms with van der Waals surface area (Å²) in [5.74, 6) is 0. The fraction of sp³-hybridized carbons (Fsp3) is 0.545. The Balaban J connectivity index is 1.35. The van der Waals surface area contributed by atoms with Crippen LogP contribution in [-0.4, -0.2) is 4.98 Å². The van der Waals surface area contributed by atoms with Gasteiger partial charge in [-0.15, -0.1) is 0 Å². The van der Waals surface area contributed by atoms with E-state index in [4.69, 9.17) is 0 Å². The summed E-state index contributed by atoms with van der Waals surface area (Å²) in [4.78, 5) is 28.8. The van der Waals surface area contributed by atoms with Crippen molar-refractivity contribution < 1.29 is 0 Å². The lowest BCUT2D eigenvalue weighted by Crippen LogP contribution is -2.12. The Kier molecular flexibility index (Phi) is 16.3. The van der Waals surface area contributed by atoms with Gasteiger partial charge in [0.1, 0.15) is 0 Å². The van der Waals surface area contributed by atoms with Gasteiger partial charge in [-0.25, -0.2) is 0 Å². The maximum atomic E-state index is 13.1. The van der Waals surface area contributed by atoms with E-state index < -0.39 is 0 Å². The molecule has 2 bridgehead atoms. The molecule has 0 saturated carbocycles. The molecule has 254 valence electrons. The first kappa shape index (κ1) is 36.6. The van der Waals surface area contributed by atoms with E-state index in [1.807, 2.05) is 12.1 Å². The minimum atomic E-state index is -0.321. The lowest BCUT2D eigenvalue weighted by Gasteiger charge is -2.13. The molecule has 0 saturated heterocycles. The van der Waals surface area contributed by atoms with E-state index in [1.54, 1.807) is 0 Å². The van der Waals surface area contributed by atoms with Crippen molar-refractivity contribution in [1.29, 1.82) is 0 Å². The number of benzene rings is 3. The zero-order chi connectivity index (χ0) is 33.1. The number of nitrogens with one attached hydrogen (secondary N) is 1. The van der Waals surface area contributed by atoms with Crippen molar-refractivity contribution >= 4 is 10.8 Å². The predicted molar refractivity (Wildman–Crippen MR) is 204 cm³/mol. The molecule has 1 N–H and O–H groups in total. The fourth-order valence-electron chi connectivity index (χ4n) is 7.13. The Bertz CT molecular complexity index is 1420. The largest absolute Gasteiger partial charge is 0.288 e. The van der Waals surface area contributed by atoms with Crippen molar-refractivity contribution in [2.24, 2.45) is 0 Å². The molecule has 2 heterocycles. The lowest BCUT2D eigenvalue weighted by molar-refractivity contribution is 0.556. The Labute approximate surface area is 285 Å². The SMILES string of the molecule is CCCCCCCCCCCCc1ccc(-c2c(-c3ccc(CCCCCCCCCCCC)cc3)c3ccc2c(=O)[nH]c3=O)cc1. The molecule has 0 aliphatic rings. The van der Waals surface area contributed by atoms with Gasteiger partial charge >= 0.3 is 0 Å². The fourth-order valence-corrected chi connectivity index (χ4v) is 7.13. The first-order valence-electron chi connectivity index (χ1n) is 19.3. The molecule has 0 aliphatic carbocycles. The Morgan fingerprint density at radius 1 is 0.383 bits per heavy atom. The van der Waals surface area contributed by atoms with E-state index in [1.165, 1.54) is 140 Å². The van der Waals surface area contributed by atoms with Crippen LogP contribution in [0.1, 0.15) is 153 Å². The molecular weight excluding hydrogens is 574 g/mol. The molecule has 3 nitrogen and oxygen atoms in total. The Morgan fingerprint density at radius 2 is 0.681 bits per heavy atom. The highest BCUT2D eigenvalue weighted by molar-refractivity contribution is 6.03. The summed E-state index contributed by atoms with van der Waals surface area (Å²) in [7, 11) is 0. The molecule has 47 heavy (non-hydrogen) atoms. The second-order valence-corrected chi connectivity index (χ2v) is 14.0. The van der Waals surface area contributed by atoms with Crippen LogP contribution in [0.3, 0.4) is 0 Å². The number of fused-ring (bicyclic) bond motifs is 4. The van der Waals surface area contributed by atoms with Crippen molar-refractivity contribution in [3.05, 3.63) is 92.5 Å². The first-order valence-corrected chi connectivity index (χ1v) is 19.3. The molecule has 5 rings (SSSR count). The van der Waals surface area contributed by atoms with Crippen LogP contribution in [0.4, 0.5) is 0 Å². The zero-order valence-electron chi connectivity index (χ0n) is 29.6. The van der Waals surface area contributed by atoms with E-state index in [0.717, 1.165) is 35.1 Å². The van der Waals surface area contributed by atoms with Crippen molar-refractivity contribution in [3.8, 4) is 22.3 Å². The van der Waals surface area contributed by atoms with Gasteiger partial charge in [-0.1, -0.05) is 178 Å². The maximum Gasteiger partial charge on any atom is 0.258 e. The average Bonchev–Trinajstić information content (AvgIpc) is 3.29. The highest BCUT2D eigenvalue weighted by atomic mass is 16.2. The minimum Gasteiger partial charge on any atom is -0.288 e. The number of unbranched alkanes of at least 4 members (excludes halogenated alkanes) is 18. The lowest BCUT2D eigenvalue weighted by atomic mass is 9.89. The number of aryl methyl sites for hydroxylation is 2. The van der Waals surface area contributed by atoms with Gasteiger partial charge in [0.05, 0.1) is 0 Å². The average molecular weight is 636 g/mol. The van der Waals surface area contributed by atoms with E-state index in [2.05, 4.69) is 67.4 Å². The van der Waals surface area contributed by atoms with Crippen LogP contribution in [0.15, 0.2) is 70.3 Å². The highest BCUT2D eigenvalue weighted by Gasteiger charge is 2.18. The van der Waals surface area contributed by atoms with Crippen LogP contribution in [0.25, 0.3) is 33.0 Å². The van der Waals surface area contributed by atoms with Crippen LogP contribution in [0.5, 0.6) is 0 Å². The third-order valence-corrected chi connectivity index (χ3v) is 10.0. The molecule has 0 amide bonds. The summed E-state index contributed by atoms with van der Waals surface area (Å²) in [6.07, 6.45) is 29.0. The van der Waals surface area contributed by atoms with Crippen LogP contribution >= 0.6 is 0 Å². The molecule has 3 aromatic carbocycles. The Morgan fingerprint density at radius 3 is 1.00 bits per heavy atom. The summed E-state index contributed by atoms with van der Waals surface area (Å²) in [5, 5.41) is 1.12. The maximum absolute atomic E-state index is 13.1. The van der Waals surface area contributed by atoms with Gasteiger partial charge in [0.25, 0.3) is 11.1 Å². The molecule has 3 heteroatoms. The number of H-pyrrole nitrogens is 1. The molecule has 0 aliphatic heterocycles. The number of aromatic nitrogens is 1. The van der Waals surface area contributed by atoms with E-state index in [9.17, 15) is 9.59 Å². The smallest absolute Gasteiger partial charge is 0.258 e. The first-order chi connectivity index (χ1) is 23.1. The second kappa shape index (κ2) is 20.9. The molecule has 0 fully saturated rings. The second-order valence-electron chi connectivity index (χ2n) is 14.0. The molecule has 0 spiro atoms. The summed E-state index contributed by atoms with van der Waals surface area (Å²) >= 11 is 0. The van der Waals surface area contributed by atoms with Crippen LogP contribution in [-0.2, 0) is 12.8 Å². The number of hydrogen-bond donors (Lipinski definition) is 1. The van der Waals surface area contributed by atoms with Crippen LogP contribution in [0, 0.1) is 0 Å². The molecule has 2 aromatic heterocycles. The molecule has 0 radical (unpaired) electrons. The van der Waals surface area contributed by atoms with Gasteiger partial charge in [-0.05, 0) is 60.1 Å². The summed E-state index contributed by atoms with van der Waals surface area (Å²) in [6.45, 7) is 4.55. The summed E-state index contributed by atoms with van der Waals surface area (Å²) in [5.41, 5.74) is 5.72. The molecular formula is C44H61NO2. The van der Waals surface area contributed by atoms with Gasteiger partial charge in [-0.2, -0.15) is 0 Å².